The highest BCUT2D eigenvalue weighted by Gasteiger charge is 2.38. The van der Waals surface area contributed by atoms with E-state index in [1.807, 2.05) is 0 Å². The van der Waals surface area contributed by atoms with Gasteiger partial charge in [-0.3, -0.25) is 9.59 Å². The quantitative estimate of drug-likeness (QED) is 0.484. The molecule has 7 heteroatoms. The topological polar surface area (TPSA) is 57.9 Å². The summed E-state index contributed by atoms with van der Waals surface area (Å²) in [5, 5.41) is 8.67. The van der Waals surface area contributed by atoms with Crippen LogP contribution in [0.1, 0.15) is 31.8 Å². The van der Waals surface area contributed by atoms with Crippen LogP contribution in [0.2, 0.25) is 0 Å². The molecule has 18 heavy (non-hydrogen) atoms. The molecule has 0 amide bonds. The van der Waals surface area contributed by atoms with Crippen molar-refractivity contribution in [3.63, 3.8) is 0 Å². The number of nitrogens with zero attached hydrogens (tertiary/aromatic N) is 1. The Morgan fingerprint density at radius 1 is 1.44 bits per heavy atom. The Balaban J connectivity index is 3.70. The second-order valence-electron chi connectivity index (χ2n) is 3.28. The number of hydrogen-bond acceptors (Lipinski definition) is 3. The fourth-order valence-electron chi connectivity index (χ4n) is 1.42. The molecule has 3 nitrogen and oxygen atoms in total. The molecule has 0 atom stereocenters. The maximum atomic E-state index is 12.8. The Kier molecular flexibility index (Phi) is 4.09. The van der Waals surface area contributed by atoms with Crippen molar-refractivity contribution >= 4 is 23.7 Å². The average Bonchev–Trinajstić information content (AvgIpc) is 2.34. The number of alkyl halides is 4. The van der Waals surface area contributed by atoms with Gasteiger partial charge < -0.3 is 0 Å². The number of hydrogen-bond donors (Lipinski definition) is 0. The fraction of sp³-hybridized carbons (Fsp3) is 0.182. The average molecular weight is 276 g/mol. The van der Waals surface area contributed by atoms with Crippen molar-refractivity contribution in [2.24, 2.45) is 0 Å². The molecule has 0 saturated heterocycles. The summed E-state index contributed by atoms with van der Waals surface area (Å²) < 4.78 is 38.4. The van der Waals surface area contributed by atoms with Crippen molar-refractivity contribution in [1.29, 1.82) is 5.26 Å². The van der Waals surface area contributed by atoms with Gasteiger partial charge in [0.1, 0.15) is 6.29 Å². The minimum atomic E-state index is -4.87. The van der Waals surface area contributed by atoms with Crippen LogP contribution in [0, 0.1) is 11.3 Å². The summed E-state index contributed by atoms with van der Waals surface area (Å²) in [6.45, 7) is 0. The van der Waals surface area contributed by atoms with Gasteiger partial charge in [0.25, 0.3) is 0 Å². The molecule has 1 aromatic rings. The van der Waals surface area contributed by atoms with Gasteiger partial charge in [-0.25, -0.2) is 0 Å². The monoisotopic (exact) mass is 275 g/mol. The number of rotatable bonds is 3. The molecule has 0 aliphatic heterocycles. The number of ketones is 1. The molecule has 0 heterocycles. The number of aldehydes is 1. The first-order chi connectivity index (χ1) is 8.35. The van der Waals surface area contributed by atoms with Crippen molar-refractivity contribution in [2.75, 3.05) is 5.88 Å². The highest BCUT2D eigenvalue weighted by atomic mass is 35.5. The summed E-state index contributed by atoms with van der Waals surface area (Å²) in [5.41, 5.74) is -3.09. The first kappa shape index (κ1) is 14.2. The van der Waals surface area contributed by atoms with Crippen molar-refractivity contribution in [1.82, 2.24) is 0 Å². The standard InChI is InChI=1S/C11H5ClF3NO2/c12-3-9(18)8-2-6(5-17)1-7(4-16)10(8)11(13,14)15/h1-2,5H,3H2. The van der Waals surface area contributed by atoms with Crippen LogP contribution in [-0.4, -0.2) is 17.9 Å². The number of benzene rings is 1. The maximum absolute atomic E-state index is 12.8. The smallest absolute Gasteiger partial charge is 0.298 e. The van der Waals surface area contributed by atoms with Crippen LogP contribution < -0.4 is 0 Å². The lowest BCUT2D eigenvalue weighted by Gasteiger charge is -2.13. The first-order valence-corrected chi connectivity index (χ1v) is 5.08. The Hall–Kier alpha value is -1.87. The molecule has 0 aliphatic rings. The summed E-state index contributed by atoms with van der Waals surface area (Å²) in [6.07, 6.45) is -4.62. The van der Waals surface area contributed by atoms with Crippen molar-refractivity contribution in [2.45, 2.75) is 6.18 Å². The molecule has 0 radical (unpaired) electrons. The van der Waals surface area contributed by atoms with Crippen LogP contribution in [0.5, 0.6) is 0 Å². The first-order valence-electron chi connectivity index (χ1n) is 4.54. The van der Waals surface area contributed by atoms with Crippen LogP contribution in [-0.2, 0) is 6.18 Å². The van der Waals surface area contributed by atoms with Gasteiger partial charge in [0.15, 0.2) is 5.78 Å². The molecule has 0 fully saturated rings. The number of carbonyl (C=O) groups excluding carboxylic acids is 2. The molecule has 0 saturated carbocycles. The van der Waals surface area contributed by atoms with Crippen molar-refractivity contribution in [3.05, 3.63) is 34.4 Å². The summed E-state index contributed by atoms with van der Waals surface area (Å²) >= 11 is 5.21. The summed E-state index contributed by atoms with van der Waals surface area (Å²) in [4.78, 5) is 21.9. The van der Waals surface area contributed by atoms with E-state index in [1.54, 1.807) is 0 Å². The van der Waals surface area contributed by atoms with Gasteiger partial charge in [-0.2, -0.15) is 18.4 Å². The van der Waals surface area contributed by atoms with E-state index in [1.165, 1.54) is 6.07 Å². The number of Topliss-reactive ketones (excluding diaryl/α,β-unsaturated/α-hetero) is 1. The number of carbonyl (C=O) groups is 2. The molecule has 0 aromatic heterocycles. The van der Waals surface area contributed by atoms with E-state index < -0.39 is 34.5 Å². The Morgan fingerprint density at radius 3 is 2.44 bits per heavy atom. The van der Waals surface area contributed by atoms with E-state index in [9.17, 15) is 22.8 Å². The predicted molar refractivity (Wildman–Crippen MR) is 56.6 cm³/mol. The summed E-state index contributed by atoms with van der Waals surface area (Å²) in [5.74, 6) is -1.67. The molecular formula is C11H5ClF3NO2. The Bertz CT molecular complexity index is 546. The maximum Gasteiger partial charge on any atom is 0.418 e. The highest BCUT2D eigenvalue weighted by molar-refractivity contribution is 6.30. The van der Waals surface area contributed by atoms with E-state index in [2.05, 4.69) is 0 Å². The SMILES string of the molecule is N#Cc1cc(C=O)cc(C(=O)CCl)c1C(F)(F)F. The molecule has 0 bridgehead atoms. The third kappa shape index (κ3) is 2.68. The van der Waals surface area contributed by atoms with Gasteiger partial charge in [-0.05, 0) is 12.1 Å². The third-order valence-electron chi connectivity index (χ3n) is 2.12. The number of nitriles is 1. The van der Waals surface area contributed by atoms with Crippen molar-refractivity contribution in [3.8, 4) is 6.07 Å². The third-order valence-corrected chi connectivity index (χ3v) is 2.37. The molecular weight excluding hydrogens is 271 g/mol. The minimum absolute atomic E-state index is 0.187. The normalized spacial score (nSPS) is 10.8. The molecule has 1 aromatic carbocycles. The largest absolute Gasteiger partial charge is 0.418 e. The van der Waals surface area contributed by atoms with Crippen LogP contribution in [0.4, 0.5) is 13.2 Å². The van der Waals surface area contributed by atoms with Gasteiger partial charge in [0, 0.05) is 11.1 Å². The molecule has 0 spiro atoms. The summed E-state index contributed by atoms with van der Waals surface area (Å²) in [6, 6.07) is 2.88. The van der Waals surface area contributed by atoms with E-state index in [-0.39, 0.29) is 11.8 Å². The fourth-order valence-corrected chi connectivity index (χ4v) is 1.56. The Morgan fingerprint density at radius 2 is 2.06 bits per heavy atom. The van der Waals surface area contributed by atoms with Gasteiger partial charge in [0.2, 0.25) is 0 Å². The predicted octanol–water partition coefficient (Wildman–Crippen LogP) is 2.81. The lowest BCUT2D eigenvalue weighted by molar-refractivity contribution is -0.138. The van der Waals surface area contributed by atoms with Gasteiger partial charge in [0.05, 0.1) is 23.1 Å². The van der Waals surface area contributed by atoms with Crippen LogP contribution in [0.3, 0.4) is 0 Å². The number of halogens is 4. The zero-order valence-corrected chi connectivity index (χ0v) is 9.47. The molecule has 0 unspecified atom stereocenters. The van der Waals surface area contributed by atoms with Gasteiger partial charge in [-0.1, -0.05) is 0 Å². The molecule has 1 rings (SSSR count). The second kappa shape index (κ2) is 5.19. The molecule has 0 N–H and O–H groups in total. The van der Waals surface area contributed by atoms with E-state index in [0.29, 0.717) is 0 Å². The van der Waals surface area contributed by atoms with Crippen LogP contribution in [0.25, 0.3) is 0 Å². The Labute approximate surface area is 105 Å². The van der Waals surface area contributed by atoms with E-state index >= 15 is 0 Å². The highest BCUT2D eigenvalue weighted by Crippen LogP contribution is 2.35. The summed E-state index contributed by atoms with van der Waals surface area (Å²) in [7, 11) is 0. The minimum Gasteiger partial charge on any atom is -0.298 e. The molecule has 0 aliphatic carbocycles. The van der Waals surface area contributed by atoms with Gasteiger partial charge >= 0.3 is 6.18 Å². The zero-order valence-electron chi connectivity index (χ0n) is 8.71. The second-order valence-corrected chi connectivity index (χ2v) is 3.54. The lowest BCUT2D eigenvalue weighted by atomic mass is 9.96. The van der Waals surface area contributed by atoms with Crippen LogP contribution >= 0.6 is 11.6 Å². The van der Waals surface area contributed by atoms with Crippen molar-refractivity contribution < 1.29 is 22.8 Å². The van der Waals surface area contributed by atoms with E-state index in [4.69, 9.17) is 16.9 Å². The van der Waals surface area contributed by atoms with Crippen LogP contribution in [0.15, 0.2) is 12.1 Å². The molecule has 94 valence electrons. The van der Waals surface area contributed by atoms with Gasteiger partial charge in [-0.15, -0.1) is 11.6 Å². The zero-order chi connectivity index (χ0) is 13.9. The van der Waals surface area contributed by atoms with E-state index in [0.717, 1.165) is 12.1 Å². The lowest BCUT2D eigenvalue weighted by Crippen LogP contribution is -2.17.